The highest BCUT2D eigenvalue weighted by molar-refractivity contribution is 6.37. The van der Waals surface area contributed by atoms with Gasteiger partial charge >= 0.3 is 0 Å². The molecule has 6 heteroatoms. The lowest BCUT2D eigenvalue weighted by atomic mass is 10.2. The Morgan fingerprint density at radius 2 is 1.95 bits per heavy atom. The number of hydrogen-bond acceptors (Lipinski definition) is 4. The van der Waals surface area contributed by atoms with Crippen LogP contribution >= 0.6 is 23.2 Å². The summed E-state index contributed by atoms with van der Waals surface area (Å²) in [6.45, 7) is 2.42. The van der Waals surface area contributed by atoms with E-state index in [2.05, 4.69) is 5.32 Å². The summed E-state index contributed by atoms with van der Waals surface area (Å²) in [6.07, 6.45) is 0.0911. The molecule has 0 saturated heterocycles. The second-order valence-corrected chi connectivity index (χ2v) is 5.03. The van der Waals surface area contributed by atoms with Crippen LogP contribution < -0.4 is 10.1 Å². The van der Waals surface area contributed by atoms with Gasteiger partial charge in [0.2, 0.25) is 0 Å². The highest BCUT2D eigenvalue weighted by Gasteiger charge is 2.12. The number of halogens is 2. The minimum atomic E-state index is -0.701. The van der Waals surface area contributed by atoms with Crippen LogP contribution in [0.15, 0.2) is 18.2 Å². The molecule has 1 aromatic carbocycles. The predicted molar refractivity (Wildman–Crippen MR) is 77.1 cm³/mol. The smallest absolute Gasteiger partial charge is 0.156 e. The summed E-state index contributed by atoms with van der Waals surface area (Å²) in [5.74, 6) is 0.374. The quantitative estimate of drug-likeness (QED) is 0.688. The fraction of sp³-hybridized carbons (Fsp3) is 0.538. The molecule has 1 aromatic rings. The molecule has 3 N–H and O–H groups in total. The van der Waals surface area contributed by atoms with Crippen LogP contribution in [0, 0.1) is 0 Å². The van der Waals surface area contributed by atoms with Crippen molar-refractivity contribution in [2.75, 3.05) is 19.8 Å². The van der Waals surface area contributed by atoms with Gasteiger partial charge in [-0.3, -0.25) is 0 Å². The number of rotatable bonds is 8. The molecule has 0 amide bonds. The third-order valence-electron chi connectivity index (χ3n) is 2.69. The lowest BCUT2D eigenvalue weighted by Crippen LogP contribution is -2.39. The largest absolute Gasteiger partial charge is 0.488 e. The van der Waals surface area contributed by atoms with Crippen LogP contribution in [-0.2, 0) is 0 Å². The first kappa shape index (κ1) is 16.5. The van der Waals surface area contributed by atoms with E-state index in [-0.39, 0.29) is 19.3 Å². The van der Waals surface area contributed by atoms with Crippen molar-refractivity contribution < 1.29 is 14.9 Å². The van der Waals surface area contributed by atoms with Crippen LogP contribution in [0.4, 0.5) is 0 Å². The van der Waals surface area contributed by atoms with Crippen LogP contribution in [0.25, 0.3) is 0 Å². The summed E-state index contributed by atoms with van der Waals surface area (Å²) >= 11 is 11.9. The van der Waals surface area contributed by atoms with Crippen molar-refractivity contribution in [2.24, 2.45) is 0 Å². The van der Waals surface area contributed by atoms with Gasteiger partial charge in [0.25, 0.3) is 0 Å². The Morgan fingerprint density at radius 1 is 1.32 bits per heavy atom. The van der Waals surface area contributed by atoms with E-state index in [0.717, 1.165) is 6.42 Å². The molecule has 0 heterocycles. The Labute approximate surface area is 123 Å². The molecule has 0 fully saturated rings. The van der Waals surface area contributed by atoms with Gasteiger partial charge in [0, 0.05) is 12.6 Å². The average molecular weight is 308 g/mol. The lowest BCUT2D eigenvalue weighted by Gasteiger charge is -2.18. The van der Waals surface area contributed by atoms with Gasteiger partial charge in [-0.15, -0.1) is 0 Å². The SMILES string of the molecule is CCC(CO)NCC(O)COc1c(Cl)cccc1Cl. The van der Waals surface area contributed by atoms with Crippen LogP contribution in [0.2, 0.25) is 10.0 Å². The molecular formula is C13H19Cl2NO3. The average Bonchev–Trinajstić information content (AvgIpc) is 2.39. The molecule has 0 radical (unpaired) electrons. The van der Waals surface area contributed by atoms with Gasteiger partial charge in [-0.25, -0.2) is 0 Å². The molecular weight excluding hydrogens is 289 g/mol. The van der Waals surface area contributed by atoms with Crippen molar-refractivity contribution >= 4 is 23.2 Å². The van der Waals surface area contributed by atoms with E-state index in [1.54, 1.807) is 18.2 Å². The normalized spacial score (nSPS) is 14.2. The van der Waals surface area contributed by atoms with Crippen LogP contribution in [0.5, 0.6) is 5.75 Å². The third-order valence-corrected chi connectivity index (χ3v) is 3.29. The minimum absolute atomic E-state index is 0.0152. The molecule has 19 heavy (non-hydrogen) atoms. The number of benzene rings is 1. The molecule has 108 valence electrons. The Hall–Kier alpha value is -0.520. The first-order valence-corrected chi connectivity index (χ1v) is 6.93. The first-order chi connectivity index (χ1) is 9.08. The van der Waals surface area contributed by atoms with Crippen LogP contribution in [-0.4, -0.2) is 42.1 Å². The maximum absolute atomic E-state index is 9.78. The van der Waals surface area contributed by atoms with E-state index < -0.39 is 6.10 Å². The van der Waals surface area contributed by atoms with Crippen molar-refractivity contribution in [3.63, 3.8) is 0 Å². The molecule has 2 atom stereocenters. The Morgan fingerprint density at radius 3 is 2.47 bits per heavy atom. The molecule has 0 bridgehead atoms. The molecule has 0 aliphatic heterocycles. The van der Waals surface area contributed by atoms with Crippen molar-refractivity contribution in [3.8, 4) is 5.75 Å². The second kappa shape index (κ2) is 8.61. The Kier molecular flexibility index (Phi) is 7.49. The highest BCUT2D eigenvalue weighted by atomic mass is 35.5. The van der Waals surface area contributed by atoms with Crippen LogP contribution in [0.3, 0.4) is 0 Å². The molecule has 0 aliphatic carbocycles. The third kappa shape index (κ3) is 5.55. The topological polar surface area (TPSA) is 61.7 Å². The predicted octanol–water partition coefficient (Wildman–Crippen LogP) is 2.09. The zero-order valence-electron chi connectivity index (χ0n) is 10.8. The first-order valence-electron chi connectivity index (χ1n) is 6.17. The van der Waals surface area contributed by atoms with Gasteiger partial charge < -0.3 is 20.3 Å². The zero-order chi connectivity index (χ0) is 14.3. The standard InChI is InChI=1S/C13H19Cl2NO3/c1-2-9(7-17)16-6-10(18)8-19-13-11(14)4-3-5-12(13)15/h3-5,9-10,16-18H,2,6-8H2,1H3. The second-order valence-electron chi connectivity index (χ2n) is 4.21. The molecule has 4 nitrogen and oxygen atoms in total. The van der Waals surface area contributed by atoms with Crippen LogP contribution in [0.1, 0.15) is 13.3 Å². The van der Waals surface area contributed by atoms with Gasteiger partial charge in [0.15, 0.2) is 5.75 Å². The van der Waals surface area contributed by atoms with E-state index in [4.69, 9.17) is 33.0 Å². The number of aliphatic hydroxyl groups excluding tert-OH is 2. The molecule has 0 saturated carbocycles. The van der Waals surface area contributed by atoms with Gasteiger partial charge in [-0.05, 0) is 18.6 Å². The molecule has 0 aliphatic rings. The minimum Gasteiger partial charge on any atom is -0.488 e. The van der Waals surface area contributed by atoms with E-state index in [1.165, 1.54) is 0 Å². The summed E-state index contributed by atoms with van der Waals surface area (Å²) in [7, 11) is 0. The Bertz CT molecular complexity index is 366. The summed E-state index contributed by atoms with van der Waals surface area (Å²) in [4.78, 5) is 0. The lowest BCUT2D eigenvalue weighted by molar-refractivity contribution is 0.0996. The van der Waals surface area contributed by atoms with E-state index in [9.17, 15) is 5.11 Å². The van der Waals surface area contributed by atoms with Crippen molar-refractivity contribution in [2.45, 2.75) is 25.5 Å². The monoisotopic (exact) mass is 307 g/mol. The van der Waals surface area contributed by atoms with Gasteiger partial charge in [-0.1, -0.05) is 36.2 Å². The van der Waals surface area contributed by atoms with Crippen molar-refractivity contribution in [1.29, 1.82) is 0 Å². The summed E-state index contributed by atoms with van der Waals surface area (Å²) in [5.41, 5.74) is 0. The number of para-hydroxylation sites is 1. The summed E-state index contributed by atoms with van der Waals surface area (Å²) in [6, 6.07) is 5.06. The molecule has 1 rings (SSSR count). The van der Waals surface area contributed by atoms with Crippen molar-refractivity contribution in [1.82, 2.24) is 5.32 Å². The summed E-state index contributed by atoms with van der Waals surface area (Å²) < 4.78 is 5.41. The fourth-order valence-corrected chi connectivity index (χ4v) is 2.01. The van der Waals surface area contributed by atoms with E-state index >= 15 is 0 Å². The van der Waals surface area contributed by atoms with Gasteiger partial charge in [-0.2, -0.15) is 0 Å². The van der Waals surface area contributed by atoms with E-state index in [1.807, 2.05) is 6.92 Å². The number of ether oxygens (including phenoxy) is 1. The number of nitrogens with one attached hydrogen (secondary N) is 1. The maximum atomic E-state index is 9.78. The van der Waals surface area contributed by atoms with E-state index in [0.29, 0.717) is 22.3 Å². The molecule has 0 spiro atoms. The Balaban J connectivity index is 2.40. The summed E-state index contributed by atoms with van der Waals surface area (Å²) in [5, 5.41) is 22.6. The van der Waals surface area contributed by atoms with Gasteiger partial charge in [0.1, 0.15) is 12.7 Å². The molecule has 2 unspecified atom stereocenters. The molecule has 0 aromatic heterocycles. The zero-order valence-corrected chi connectivity index (χ0v) is 12.3. The maximum Gasteiger partial charge on any atom is 0.156 e. The number of aliphatic hydroxyl groups is 2. The highest BCUT2D eigenvalue weighted by Crippen LogP contribution is 2.32. The number of hydrogen-bond donors (Lipinski definition) is 3. The van der Waals surface area contributed by atoms with Crippen molar-refractivity contribution in [3.05, 3.63) is 28.2 Å². The fourth-order valence-electron chi connectivity index (χ4n) is 1.50. The van der Waals surface area contributed by atoms with Gasteiger partial charge in [0.05, 0.1) is 16.7 Å².